The predicted molar refractivity (Wildman–Crippen MR) is 186 cm³/mol. The Morgan fingerprint density at radius 1 is 0.444 bits per heavy atom. The third-order valence-electron chi connectivity index (χ3n) is 9.08. The molecule has 0 unspecified atom stereocenters. The average Bonchev–Trinajstić information content (AvgIpc) is 3.74. The van der Waals surface area contributed by atoms with E-state index < -0.39 is 0 Å². The van der Waals surface area contributed by atoms with Crippen LogP contribution in [0.2, 0.25) is 0 Å². The highest BCUT2D eigenvalue weighted by molar-refractivity contribution is 6.10. The van der Waals surface area contributed by atoms with Crippen molar-refractivity contribution < 1.29 is 0 Å². The Labute approximate surface area is 260 Å². The molecule has 0 spiro atoms. The van der Waals surface area contributed by atoms with E-state index in [0.29, 0.717) is 0 Å². The first-order valence-corrected chi connectivity index (χ1v) is 15.2. The fourth-order valence-electron chi connectivity index (χ4n) is 6.90. The Morgan fingerprint density at radius 3 is 1.96 bits per heavy atom. The van der Waals surface area contributed by atoms with Gasteiger partial charge < -0.3 is 13.7 Å². The number of para-hydroxylation sites is 4. The van der Waals surface area contributed by atoms with E-state index in [4.69, 9.17) is 9.97 Å². The maximum Gasteiger partial charge on any atom is 0.140 e. The number of benzene rings is 6. The van der Waals surface area contributed by atoms with Gasteiger partial charge in [-0.3, -0.25) is 0 Å². The lowest BCUT2D eigenvalue weighted by molar-refractivity contribution is 0.958. The summed E-state index contributed by atoms with van der Waals surface area (Å²) in [6, 6.07) is 49.3. The van der Waals surface area contributed by atoms with Crippen LogP contribution >= 0.6 is 0 Å². The number of imidazole rings is 2. The molecule has 9 rings (SSSR count). The van der Waals surface area contributed by atoms with E-state index in [1.165, 1.54) is 21.9 Å². The van der Waals surface area contributed by atoms with Crippen molar-refractivity contribution in [3.8, 4) is 39.6 Å². The van der Waals surface area contributed by atoms with Crippen molar-refractivity contribution in [3.63, 3.8) is 0 Å². The highest BCUT2D eigenvalue weighted by Gasteiger charge is 2.18. The van der Waals surface area contributed by atoms with Gasteiger partial charge in [-0.15, -0.1) is 0 Å². The van der Waals surface area contributed by atoms with Crippen LogP contribution in [0.15, 0.2) is 140 Å². The van der Waals surface area contributed by atoms with Crippen molar-refractivity contribution in [1.82, 2.24) is 23.7 Å². The summed E-state index contributed by atoms with van der Waals surface area (Å²) in [4.78, 5) is 10.2. The molecule has 0 fully saturated rings. The average molecular weight is 580 g/mol. The molecule has 0 aliphatic carbocycles. The van der Waals surface area contributed by atoms with Crippen LogP contribution in [0.25, 0.3) is 83.5 Å². The zero-order valence-electron chi connectivity index (χ0n) is 25.0. The molecule has 6 aromatic carbocycles. The molecule has 0 aliphatic rings. The molecule has 0 saturated heterocycles. The van der Waals surface area contributed by atoms with E-state index in [1.54, 1.807) is 0 Å². The van der Waals surface area contributed by atoms with Gasteiger partial charge in [0.05, 0.1) is 33.1 Å². The maximum atomic E-state index is 5.25. The summed E-state index contributed by atoms with van der Waals surface area (Å²) in [6.45, 7) is 0. The number of hydrogen-bond acceptors (Lipinski definition) is 2. The van der Waals surface area contributed by atoms with E-state index in [1.807, 2.05) is 6.07 Å². The molecule has 5 heteroatoms. The standard InChI is InChI=1S/C40H29N5/c1-43-35-20-9-7-18-33(35)41-39(43)27-14-10-15-29(24-27)45-34-19-8-6-16-31(34)32-23-22-28(25-37(32)45)40-42-38-30(26-12-4-3-5-13-26)17-11-21-36(38)44(40)2/h3-25H,1-2H3. The Hall–Kier alpha value is -5.94. The molecular formula is C40H29N5. The van der Waals surface area contributed by atoms with Crippen LogP contribution in [0.1, 0.15) is 0 Å². The summed E-state index contributed by atoms with van der Waals surface area (Å²) in [6.07, 6.45) is 0. The van der Waals surface area contributed by atoms with Gasteiger partial charge in [-0.05, 0) is 48.0 Å². The molecule has 0 saturated carbocycles. The summed E-state index contributed by atoms with van der Waals surface area (Å²) in [5.41, 5.74) is 12.1. The summed E-state index contributed by atoms with van der Waals surface area (Å²) >= 11 is 0. The van der Waals surface area contributed by atoms with Crippen molar-refractivity contribution in [1.29, 1.82) is 0 Å². The fraction of sp³-hybridized carbons (Fsp3) is 0.0500. The molecule has 45 heavy (non-hydrogen) atoms. The monoisotopic (exact) mass is 579 g/mol. The van der Waals surface area contributed by atoms with E-state index in [9.17, 15) is 0 Å². The molecule has 9 aromatic rings. The number of aryl methyl sites for hydroxylation is 2. The topological polar surface area (TPSA) is 40.6 Å². The molecule has 0 bridgehead atoms. The van der Waals surface area contributed by atoms with Crippen molar-refractivity contribution in [2.24, 2.45) is 14.1 Å². The van der Waals surface area contributed by atoms with Gasteiger partial charge in [0.15, 0.2) is 0 Å². The molecule has 0 amide bonds. The van der Waals surface area contributed by atoms with Gasteiger partial charge in [-0.25, -0.2) is 9.97 Å². The van der Waals surface area contributed by atoms with E-state index >= 15 is 0 Å². The molecule has 3 aromatic heterocycles. The second-order valence-corrected chi connectivity index (χ2v) is 11.7. The minimum absolute atomic E-state index is 0.945. The first kappa shape index (κ1) is 25.5. The van der Waals surface area contributed by atoms with Crippen LogP contribution in [0.4, 0.5) is 0 Å². The van der Waals surface area contributed by atoms with E-state index in [-0.39, 0.29) is 0 Å². The molecule has 0 N–H and O–H groups in total. The van der Waals surface area contributed by atoms with Crippen LogP contribution < -0.4 is 0 Å². The van der Waals surface area contributed by atoms with Gasteiger partial charge >= 0.3 is 0 Å². The van der Waals surface area contributed by atoms with E-state index in [2.05, 4.69) is 161 Å². The second kappa shape index (κ2) is 9.79. The smallest absolute Gasteiger partial charge is 0.140 e. The first-order valence-electron chi connectivity index (χ1n) is 15.2. The van der Waals surface area contributed by atoms with Crippen molar-refractivity contribution in [2.75, 3.05) is 0 Å². The van der Waals surface area contributed by atoms with Gasteiger partial charge in [0.1, 0.15) is 11.6 Å². The Balaban J connectivity index is 1.25. The Kier molecular flexibility index (Phi) is 5.56. The second-order valence-electron chi connectivity index (χ2n) is 11.7. The zero-order chi connectivity index (χ0) is 30.1. The van der Waals surface area contributed by atoms with Gasteiger partial charge in [0.25, 0.3) is 0 Å². The lowest BCUT2D eigenvalue weighted by atomic mass is 10.0. The predicted octanol–water partition coefficient (Wildman–Crippen LogP) is 9.56. The lowest BCUT2D eigenvalue weighted by Gasteiger charge is -2.11. The molecule has 0 atom stereocenters. The van der Waals surface area contributed by atoms with Crippen LogP contribution in [0.5, 0.6) is 0 Å². The zero-order valence-corrected chi connectivity index (χ0v) is 25.0. The van der Waals surface area contributed by atoms with E-state index in [0.717, 1.165) is 61.6 Å². The third kappa shape index (κ3) is 3.87. The third-order valence-corrected chi connectivity index (χ3v) is 9.08. The van der Waals surface area contributed by atoms with Crippen LogP contribution in [0, 0.1) is 0 Å². The molecule has 3 heterocycles. The van der Waals surface area contributed by atoms with Gasteiger partial charge in [0.2, 0.25) is 0 Å². The molecule has 5 nitrogen and oxygen atoms in total. The Morgan fingerprint density at radius 2 is 1.09 bits per heavy atom. The van der Waals surface area contributed by atoms with Crippen LogP contribution in [-0.2, 0) is 14.1 Å². The van der Waals surface area contributed by atoms with Crippen molar-refractivity contribution in [3.05, 3.63) is 140 Å². The largest absolute Gasteiger partial charge is 0.327 e. The van der Waals surface area contributed by atoms with Gasteiger partial charge in [-0.1, -0.05) is 97.1 Å². The number of hydrogen-bond donors (Lipinski definition) is 0. The van der Waals surface area contributed by atoms with Crippen molar-refractivity contribution >= 4 is 43.9 Å². The number of rotatable bonds is 4. The van der Waals surface area contributed by atoms with Gasteiger partial charge in [-0.2, -0.15) is 0 Å². The minimum atomic E-state index is 0.945. The molecular weight excluding hydrogens is 550 g/mol. The molecule has 0 aliphatic heterocycles. The van der Waals surface area contributed by atoms with Gasteiger partial charge in [0, 0.05) is 47.2 Å². The highest BCUT2D eigenvalue weighted by Crippen LogP contribution is 2.37. The first-order chi connectivity index (χ1) is 22.2. The molecule has 214 valence electrons. The summed E-state index contributed by atoms with van der Waals surface area (Å²) in [5, 5.41) is 2.44. The highest BCUT2D eigenvalue weighted by atomic mass is 15.1. The molecule has 0 radical (unpaired) electrons. The van der Waals surface area contributed by atoms with Crippen molar-refractivity contribution in [2.45, 2.75) is 0 Å². The number of nitrogens with zero attached hydrogens (tertiary/aromatic N) is 5. The number of aromatic nitrogens is 5. The normalized spacial score (nSPS) is 11.8. The maximum absolute atomic E-state index is 5.25. The minimum Gasteiger partial charge on any atom is -0.327 e. The lowest BCUT2D eigenvalue weighted by Crippen LogP contribution is -1.97. The number of fused-ring (bicyclic) bond motifs is 5. The summed E-state index contributed by atoms with van der Waals surface area (Å²) in [5.74, 6) is 1.90. The van der Waals surface area contributed by atoms with Crippen LogP contribution in [-0.4, -0.2) is 23.7 Å². The quantitative estimate of drug-likeness (QED) is 0.208. The van der Waals surface area contributed by atoms with Crippen LogP contribution in [0.3, 0.4) is 0 Å². The Bertz CT molecular complexity index is 2560. The fourth-order valence-corrected chi connectivity index (χ4v) is 6.90. The summed E-state index contributed by atoms with van der Waals surface area (Å²) < 4.78 is 6.76. The SMILES string of the molecule is Cn1c(-c2cccc(-n3c4ccccc4c4ccc(-c5nc6c(-c7ccccc7)cccc6n5C)cc43)c2)nc2ccccc21. The summed E-state index contributed by atoms with van der Waals surface area (Å²) in [7, 11) is 4.20.